The highest BCUT2D eigenvalue weighted by molar-refractivity contribution is 5.90. The minimum absolute atomic E-state index is 0.208. The molecule has 2 rings (SSSR count). The number of nitrogens with zero attached hydrogens (tertiary/aromatic N) is 1. The Morgan fingerprint density at radius 2 is 2.22 bits per heavy atom. The maximum absolute atomic E-state index is 12.4. The molecule has 2 saturated heterocycles. The van der Waals surface area contributed by atoms with Gasteiger partial charge in [0.1, 0.15) is 11.6 Å². The Bertz CT molecular complexity index is 350. The van der Waals surface area contributed by atoms with Crippen molar-refractivity contribution in [2.75, 3.05) is 20.3 Å². The first-order chi connectivity index (χ1) is 8.48. The van der Waals surface area contributed by atoms with Crippen molar-refractivity contribution >= 4 is 11.9 Å². The van der Waals surface area contributed by atoms with Gasteiger partial charge in [-0.2, -0.15) is 0 Å². The minimum atomic E-state index is -0.982. The van der Waals surface area contributed by atoms with Crippen LogP contribution in [0.25, 0.3) is 0 Å². The largest absolute Gasteiger partial charge is 0.480 e. The van der Waals surface area contributed by atoms with E-state index < -0.39 is 17.6 Å². The molecule has 2 aliphatic rings. The van der Waals surface area contributed by atoms with Crippen molar-refractivity contribution in [2.45, 2.75) is 43.9 Å². The summed E-state index contributed by atoms with van der Waals surface area (Å²) in [6.45, 7) is 2.62. The number of amides is 1. The molecule has 1 N–H and O–H groups in total. The molecule has 3 unspecified atom stereocenters. The normalized spacial score (nSPS) is 36.0. The summed E-state index contributed by atoms with van der Waals surface area (Å²) in [6.07, 6.45) is 1.61. The maximum Gasteiger partial charge on any atom is 0.326 e. The van der Waals surface area contributed by atoms with Gasteiger partial charge in [-0.15, -0.1) is 0 Å². The lowest BCUT2D eigenvalue weighted by Crippen LogP contribution is -2.51. The summed E-state index contributed by atoms with van der Waals surface area (Å²) < 4.78 is 10.7. The van der Waals surface area contributed by atoms with E-state index in [1.165, 1.54) is 12.0 Å². The number of ether oxygens (including phenoxy) is 2. The fourth-order valence-electron chi connectivity index (χ4n) is 2.68. The molecule has 0 aromatic rings. The van der Waals surface area contributed by atoms with Gasteiger partial charge in [-0.25, -0.2) is 4.79 Å². The first-order valence-electron chi connectivity index (χ1n) is 6.18. The molecule has 0 aromatic carbocycles. The lowest BCUT2D eigenvalue weighted by Gasteiger charge is -2.30. The number of carboxylic acid groups (broad SMARTS) is 1. The van der Waals surface area contributed by atoms with Crippen LogP contribution in [-0.2, 0) is 19.1 Å². The monoisotopic (exact) mass is 257 g/mol. The van der Waals surface area contributed by atoms with Gasteiger partial charge in [0.15, 0.2) is 0 Å². The topological polar surface area (TPSA) is 76.1 Å². The third-order valence-corrected chi connectivity index (χ3v) is 3.81. The van der Waals surface area contributed by atoms with E-state index >= 15 is 0 Å². The second kappa shape index (κ2) is 4.85. The highest BCUT2D eigenvalue weighted by atomic mass is 16.5. The van der Waals surface area contributed by atoms with E-state index in [0.717, 1.165) is 6.42 Å². The first kappa shape index (κ1) is 13.3. The van der Waals surface area contributed by atoms with E-state index in [1.54, 1.807) is 6.92 Å². The fourth-order valence-corrected chi connectivity index (χ4v) is 2.68. The number of methoxy groups -OCH3 is 1. The summed E-state index contributed by atoms with van der Waals surface area (Å²) in [5.41, 5.74) is -0.865. The molecular weight excluding hydrogens is 238 g/mol. The molecule has 6 heteroatoms. The highest BCUT2D eigenvalue weighted by Gasteiger charge is 2.48. The van der Waals surface area contributed by atoms with Gasteiger partial charge in [-0.1, -0.05) is 0 Å². The van der Waals surface area contributed by atoms with Crippen LogP contribution >= 0.6 is 0 Å². The van der Waals surface area contributed by atoms with Crippen molar-refractivity contribution < 1.29 is 24.2 Å². The number of carboxylic acids is 1. The summed E-state index contributed by atoms with van der Waals surface area (Å²) >= 11 is 0. The van der Waals surface area contributed by atoms with Crippen LogP contribution in [-0.4, -0.2) is 59.9 Å². The van der Waals surface area contributed by atoms with Gasteiger partial charge in [-0.05, 0) is 19.8 Å². The molecule has 0 spiro atoms. The van der Waals surface area contributed by atoms with Crippen LogP contribution in [0.3, 0.4) is 0 Å². The molecule has 0 saturated carbocycles. The van der Waals surface area contributed by atoms with Gasteiger partial charge in [-0.3, -0.25) is 4.79 Å². The van der Waals surface area contributed by atoms with Crippen LogP contribution < -0.4 is 0 Å². The Labute approximate surface area is 106 Å². The third-order valence-electron chi connectivity index (χ3n) is 3.81. The quantitative estimate of drug-likeness (QED) is 0.784. The summed E-state index contributed by atoms with van der Waals surface area (Å²) in [5.74, 6) is -1.21. The molecule has 3 atom stereocenters. The van der Waals surface area contributed by atoms with E-state index in [-0.39, 0.29) is 12.0 Å². The number of likely N-dealkylation sites (tertiary alicyclic amines) is 1. The number of aliphatic carboxylic acids is 1. The van der Waals surface area contributed by atoms with Gasteiger partial charge in [0.25, 0.3) is 5.91 Å². The van der Waals surface area contributed by atoms with Gasteiger partial charge in [0.05, 0.1) is 6.10 Å². The molecule has 102 valence electrons. The van der Waals surface area contributed by atoms with E-state index in [2.05, 4.69) is 0 Å². The summed E-state index contributed by atoms with van der Waals surface area (Å²) in [7, 11) is 1.53. The molecular formula is C12H19NO5. The molecule has 2 fully saturated rings. The molecule has 2 aliphatic heterocycles. The van der Waals surface area contributed by atoms with Crippen molar-refractivity contribution in [3.8, 4) is 0 Å². The highest BCUT2D eigenvalue weighted by Crippen LogP contribution is 2.31. The average molecular weight is 257 g/mol. The summed E-state index contributed by atoms with van der Waals surface area (Å²) in [5, 5.41) is 9.18. The molecule has 2 heterocycles. The third kappa shape index (κ3) is 2.22. The van der Waals surface area contributed by atoms with Gasteiger partial charge in [0.2, 0.25) is 0 Å². The predicted octanol–water partition coefficient (Wildman–Crippen LogP) is 0.256. The van der Waals surface area contributed by atoms with Crippen molar-refractivity contribution in [3.63, 3.8) is 0 Å². The first-order valence-corrected chi connectivity index (χ1v) is 6.18. The van der Waals surface area contributed by atoms with E-state index in [1.807, 2.05) is 0 Å². The molecule has 0 aromatic heterocycles. The Morgan fingerprint density at radius 1 is 1.50 bits per heavy atom. The van der Waals surface area contributed by atoms with Gasteiger partial charge >= 0.3 is 5.97 Å². The number of carbonyl (C=O) groups is 2. The van der Waals surface area contributed by atoms with Crippen LogP contribution in [0, 0.1) is 0 Å². The zero-order valence-corrected chi connectivity index (χ0v) is 10.7. The van der Waals surface area contributed by atoms with Crippen LogP contribution in [0.5, 0.6) is 0 Å². The molecule has 0 bridgehead atoms. The Morgan fingerprint density at radius 3 is 2.72 bits per heavy atom. The Balaban J connectivity index is 2.15. The molecule has 6 nitrogen and oxygen atoms in total. The molecule has 18 heavy (non-hydrogen) atoms. The molecule has 0 aliphatic carbocycles. The van der Waals surface area contributed by atoms with Crippen molar-refractivity contribution in [3.05, 3.63) is 0 Å². The SMILES string of the molecule is COC1CC(C(=O)O)N(C(=O)C2(C)CCCO2)C1. The zero-order chi connectivity index (χ0) is 13.3. The number of rotatable bonds is 3. The van der Waals surface area contributed by atoms with Crippen molar-refractivity contribution in [1.82, 2.24) is 4.90 Å². The van der Waals surface area contributed by atoms with Crippen LogP contribution in [0.2, 0.25) is 0 Å². The number of hydrogen-bond donors (Lipinski definition) is 1. The maximum atomic E-state index is 12.4. The van der Waals surface area contributed by atoms with E-state index in [4.69, 9.17) is 9.47 Å². The zero-order valence-electron chi connectivity index (χ0n) is 10.7. The van der Waals surface area contributed by atoms with Crippen LogP contribution in [0.4, 0.5) is 0 Å². The minimum Gasteiger partial charge on any atom is -0.480 e. The Kier molecular flexibility index (Phi) is 3.59. The predicted molar refractivity (Wildman–Crippen MR) is 62.1 cm³/mol. The van der Waals surface area contributed by atoms with E-state index in [9.17, 15) is 14.7 Å². The van der Waals surface area contributed by atoms with E-state index in [0.29, 0.717) is 26.0 Å². The second-order valence-corrected chi connectivity index (χ2v) is 5.09. The standard InChI is InChI=1S/C12H19NO5/c1-12(4-3-5-18-12)11(16)13-7-8(17-2)6-9(13)10(14)15/h8-9H,3-7H2,1-2H3,(H,14,15). The average Bonchev–Trinajstić information content (AvgIpc) is 2.94. The van der Waals surface area contributed by atoms with Crippen molar-refractivity contribution in [1.29, 1.82) is 0 Å². The summed E-state index contributed by atoms with van der Waals surface area (Å²) in [6, 6.07) is -0.802. The number of hydrogen-bond acceptors (Lipinski definition) is 4. The van der Waals surface area contributed by atoms with Crippen LogP contribution in [0.1, 0.15) is 26.2 Å². The van der Waals surface area contributed by atoms with Crippen molar-refractivity contribution in [2.24, 2.45) is 0 Å². The second-order valence-electron chi connectivity index (χ2n) is 5.09. The Hall–Kier alpha value is -1.14. The lowest BCUT2D eigenvalue weighted by molar-refractivity contribution is -0.158. The lowest BCUT2D eigenvalue weighted by atomic mass is 10.0. The summed E-state index contributed by atoms with van der Waals surface area (Å²) in [4.78, 5) is 25.0. The smallest absolute Gasteiger partial charge is 0.326 e. The van der Waals surface area contributed by atoms with Gasteiger partial charge < -0.3 is 19.5 Å². The molecule has 0 radical (unpaired) electrons. The van der Waals surface area contributed by atoms with Crippen LogP contribution in [0.15, 0.2) is 0 Å². The number of carbonyl (C=O) groups excluding carboxylic acids is 1. The van der Waals surface area contributed by atoms with Gasteiger partial charge in [0, 0.05) is 26.7 Å². The fraction of sp³-hybridized carbons (Fsp3) is 0.833. The molecule has 1 amide bonds.